The number of esters is 1. The van der Waals surface area contributed by atoms with Gasteiger partial charge in [0, 0.05) is 18.1 Å². The molecule has 6 nitrogen and oxygen atoms in total. The van der Waals surface area contributed by atoms with E-state index in [9.17, 15) is 14.7 Å². The maximum absolute atomic E-state index is 11.9. The van der Waals surface area contributed by atoms with Gasteiger partial charge in [-0.25, -0.2) is 4.79 Å². The molecule has 0 fully saturated rings. The highest BCUT2D eigenvalue weighted by Crippen LogP contribution is 2.36. The fraction of sp³-hybridized carbons (Fsp3) is 0.500. The summed E-state index contributed by atoms with van der Waals surface area (Å²) in [5, 5.41) is 10.4. The minimum absolute atomic E-state index is 0.0272. The van der Waals surface area contributed by atoms with Gasteiger partial charge in [0.15, 0.2) is 5.54 Å². The van der Waals surface area contributed by atoms with Crippen molar-refractivity contribution in [2.75, 3.05) is 19.5 Å². The van der Waals surface area contributed by atoms with Gasteiger partial charge in [-0.2, -0.15) is 0 Å². The Hall–Kier alpha value is -1.86. The van der Waals surface area contributed by atoms with Crippen molar-refractivity contribution in [1.29, 1.82) is 0 Å². The number of carbonyl (C=O) groups is 2. The van der Waals surface area contributed by atoms with E-state index in [1.807, 2.05) is 37.3 Å². The monoisotopic (exact) mass is 365 g/mol. The lowest BCUT2D eigenvalue weighted by molar-refractivity contribution is -0.146. The maximum Gasteiger partial charge on any atom is 0.331 e. The molecule has 1 aromatic rings. The van der Waals surface area contributed by atoms with E-state index in [4.69, 9.17) is 4.74 Å². The average Bonchev–Trinajstić information content (AvgIpc) is 2.62. The Morgan fingerprint density at radius 1 is 1.32 bits per heavy atom. The van der Waals surface area contributed by atoms with Crippen LogP contribution in [0.1, 0.15) is 25.3 Å². The number of thioether (sulfide) groups is 1. The third-order valence-electron chi connectivity index (χ3n) is 4.28. The summed E-state index contributed by atoms with van der Waals surface area (Å²) < 4.78 is 10.3. The molecule has 1 aliphatic heterocycles. The number of nitrogens with zero attached hydrogens (tertiary/aromatic N) is 1. The van der Waals surface area contributed by atoms with Crippen molar-refractivity contribution in [3.63, 3.8) is 0 Å². The lowest BCUT2D eigenvalue weighted by Gasteiger charge is -2.35. The number of aliphatic imine (C=N–C) groups is 1. The van der Waals surface area contributed by atoms with E-state index in [1.54, 1.807) is 0 Å². The van der Waals surface area contributed by atoms with E-state index < -0.39 is 17.5 Å². The SMILES string of the molecule is COC(=O)CCC1(C(=O)O)N=C(COCc2ccccc2)SCC1C. The van der Waals surface area contributed by atoms with Gasteiger partial charge in [0.25, 0.3) is 0 Å². The summed E-state index contributed by atoms with van der Waals surface area (Å²) in [4.78, 5) is 27.8. The minimum atomic E-state index is -1.30. The quantitative estimate of drug-likeness (QED) is 0.713. The summed E-state index contributed by atoms with van der Waals surface area (Å²) >= 11 is 1.51. The van der Waals surface area contributed by atoms with Gasteiger partial charge in [0.2, 0.25) is 0 Å². The predicted molar refractivity (Wildman–Crippen MR) is 96.8 cm³/mol. The first-order valence-corrected chi connectivity index (χ1v) is 9.10. The Morgan fingerprint density at radius 2 is 2.04 bits per heavy atom. The molecule has 2 rings (SSSR count). The summed E-state index contributed by atoms with van der Waals surface area (Å²) in [6.45, 7) is 2.56. The Morgan fingerprint density at radius 3 is 2.68 bits per heavy atom. The molecule has 2 unspecified atom stereocenters. The van der Waals surface area contributed by atoms with Gasteiger partial charge < -0.3 is 14.6 Å². The topological polar surface area (TPSA) is 85.2 Å². The molecular weight excluding hydrogens is 342 g/mol. The van der Waals surface area contributed by atoms with Gasteiger partial charge >= 0.3 is 11.9 Å². The van der Waals surface area contributed by atoms with Crippen LogP contribution >= 0.6 is 11.8 Å². The van der Waals surface area contributed by atoms with Gasteiger partial charge in [-0.15, -0.1) is 11.8 Å². The molecule has 25 heavy (non-hydrogen) atoms. The molecule has 2 atom stereocenters. The van der Waals surface area contributed by atoms with Crippen LogP contribution in [0.3, 0.4) is 0 Å². The second-order valence-electron chi connectivity index (χ2n) is 6.00. The second kappa shape index (κ2) is 9.01. The van der Waals surface area contributed by atoms with Gasteiger partial charge in [-0.3, -0.25) is 9.79 Å². The lowest BCUT2D eigenvalue weighted by Crippen LogP contribution is -2.47. The zero-order valence-electron chi connectivity index (χ0n) is 14.4. The van der Waals surface area contributed by atoms with Crippen molar-refractivity contribution in [2.24, 2.45) is 10.9 Å². The van der Waals surface area contributed by atoms with Gasteiger partial charge in [-0.05, 0) is 12.0 Å². The third kappa shape index (κ3) is 5.06. The van der Waals surface area contributed by atoms with Crippen LogP contribution in [0.15, 0.2) is 35.3 Å². The Labute approximate surface area is 151 Å². The molecule has 1 aliphatic rings. The highest BCUT2D eigenvalue weighted by molar-refractivity contribution is 8.14. The molecule has 0 amide bonds. The number of aliphatic carboxylic acids is 1. The summed E-state index contributed by atoms with van der Waals surface area (Å²) in [5.74, 6) is -0.994. The van der Waals surface area contributed by atoms with Crippen LogP contribution < -0.4 is 0 Å². The van der Waals surface area contributed by atoms with E-state index in [-0.39, 0.29) is 25.4 Å². The predicted octanol–water partition coefficient (Wildman–Crippen LogP) is 2.76. The van der Waals surface area contributed by atoms with E-state index in [0.29, 0.717) is 17.4 Å². The van der Waals surface area contributed by atoms with E-state index >= 15 is 0 Å². The van der Waals surface area contributed by atoms with Crippen LogP contribution in [0.5, 0.6) is 0 Å². The smallest absolute Gasteiger partial charge is 0.331 e. The number of rotatable bonds is 8. The largest absolute Gasteiger partial charge is 0.479 e. The number of carboxylic acids is 1. The molecule has 0 radical (unpaired) electrons. The fourth-order valence-electron chi connectivity index (χ4n) is 2.69. The highest BCUT2D eigenvalue weighted by Gasteiger charge is 2.46. The summed E-state index contributed by atoms with van der Waals surface area (Å²) in [7, 11) is 1.29. The van der Waals surface area contributed by atoms with E-state index in [1.165, 1.54) is 18.9 Å². The van der Waals surface area contributed by atoms with Crippen LogP contribution in [0, 0.1) is 5.92 Å². The molecule has 0 saturated heterocycles. The molecule has 1 heterocycles. The van der Waals surface area contributed by atoms with E-state index in [0.717, 1.165) is 5.56 Å². The molecule has 136 valence electrons. The summed E-state index contributed by atoms with van der Waals surface area (Å²) in [5.41, 5.74) is -0.252. The lowest BCUT2D eigenvalue weighted by atomic mass is 9.82. The van der Waals surface area contributed by atoms with Crippen LogP contribution in [0.25, 0.3) is 0 Å². The molecule has 1 N–H and O–H groups in total. The first-order chi connectivity index (χ1) is 12.0. The Kier molecular flexibility index (Phi) is 7.01. The molecule has 0 aliphatic carbocycles. The van der Waals surface area contributed by atoms with Crippen LogP contribution in [-0.4, -0.2) is 47.1 Å². The van der Waals surface area contributed by atoms with Crippen molar-refractivity contribution in [1.82, 2.24) is 0 Å². The number of hydrogen-bond acceptors (Lipinski definition) is 6. The number of ether oxygens (including phenoxy) is 2. The number of hydrogen-bond donors (Lipinski definition) is 1. The molecule has 0 saturated carbocycles. The number of carbonyl (C=O) groups excluding carboxylic acids is 1. The zero-order valence-corrected chi connectivity index (χ0v) is 15.3. The molecule has 0 spiro atoms. The van der Waals surface area contributed by atoms with Crippen molar-refractivity contribution in [3.05, 3.63) is 35.9 Å². The van der Waals surface area contributed by atoms with Gasteiger partial charge in [0.05, 0.1) is 25.4 Å². The van der Waals surface area contributed by atoms with Gasteiger partial charge in [-0.1, -0.05) is 37.3 Å². The van der Waals surface area contributed by atoms with Crippen LogP contribution in [0.4, 0.5) is 0 Å². The molecular formula is C18H23NO5S. The third-order valence-corrected chi connectivity index (χ3v) is 5.49. The zero-order chi connectivity index (χ0) is 18.3. The van der Waals surface area contributed by atoms with Crippen molar-refractivity contribution in [2.45, 2.75) is 31.9 Å². The molecule has 1 aromatic carbocycles. The minimum Gasteiger partial charge on any atom is -0.479 e. The average molecular weight is 365 g/mol. The van der Waals surface area contributed by atoms with Crippen molar-refractivity contribution < 1.29 is 24.2 Å². The molecule has 0 aromatic heterocycles. The van der Waals surface area contributed by atoms with Crippen LogP contribution in [-0.2, 0) is 25.7 Å². The number of methoxy groups -OCH3 is 1. The Balaban J connectivity index is 2.05. The second-order valence-corrected chi connectivity index (χ2v) is 7.09. The van der Waals surface area contributed by atoms with Crippen molar-refractivity contribution in [3.8, 4) is 0 Å². The molecule has 0 bridgehead atoms. The number of benzene rings is 1. The summed E-state index contributed by atoms with van der Waals surface area (Å²) in [6, 6.07) is 9.76. The highest BCUT2D eigenvalue weighted by atomic mass is 32.2. The van der Waals surface area contributed by atoms with Crippen LogP contribution in [0.2, 0.25) is 0 Å². The van der Waals surface area contributed by atoms with Crippen molar-refractivity contribution >= 4 is 28.7 Å². The normalized spacial score (nSPS) is 23.0. The number of carboxylic acid groups (broad SMARTS) is 1. The Bertz CT molecular complexity index is 634. The standard InChI is InChI=1S/C18H23NO5S/c1-13-12-25-15(11-24-10-14-6-4-3-5-7-14)19-18(13,17(21)22)9-8-16(20)23-2/h3-7,13H,8-12H2,1-2H3,(H,21,22). The first kappa shape index (κ1) is 19.5. The first-order valence-electron chi connectivity index (χ1n) is 8.11. The summed E-state index contributed by atoms with van der Waals surface area (Å²) in [6.07, 6.45) is 0.151. The fourth-order valence-corrected chi connectivity index (χ4v) is 3.80. The van der Waals surface area contributed by atoms with Gasteiger partial charge in [0.1, 0.15) is 0 Å². The molecule has 7 heteroatoms. The van der Waals surface area contributed by atoms with E-state index in [2.05, 4.69) is 9.73 Å². The maximum atomic E-state index is 11.9.